The standard InChI is InChI=1S/C9H15N3O2/c10-8-7(14-11-9(8)13)3-6-12-4-1-2-5-12/h1-6,10H2,(H,11,13). The van der Waals surface area contributed by atoms with Crippen LogP contribution in [0.1, 0.15) is 18.6 Å². The molecule has 0 bridgehead atoms. The first-order chi connectivity index (χ1) is 6.77. The van der Waals surface area contributed by atoms with Crippen molar-refractivity contribution in [2.24, 2.45) is 0 Å². The lowest BCUT2D eigenvalue weighted by atomic mass is 10.3. The van der Waals surface area contributed by atoms with Gasteiger partial charge < -0.3 is 15.2 Å². The van der Waals surface area contributed by atoms with Gasteiger partial charge in [0, 0.05) is 13.0 Å². The third-order valence-electron chi connectivity index (χ3n) is 2.67. The predicted molar refractivity (Wildman–Crippen MR) is 53.1 cm³/mol. The number of hydrogen-bond donors (Lipinski definition) is 2. The molecule has 0 aromatic carbocycles. The average molecular weight is 197 g/mol. The molecule has 14 heavy (non-hydrogen) atoms. The minimum atomic E-state index is -0.318. The quantitative estimate of drug-likeness (QED) is 0.725. The van der Waals surface area contributed by atoms with Crippen LogP contribution >= 0.6 is 0 Å². The second-order valence-electron chi connectivity index (χ2n) is 3.67. The Hall–Kier alpha value is -1.23. The van der Waals surface area contributed by atoms with E-state index in [9.17, 15) is 4.79 Å². The summed E-state index contributed by atoms with van der Waals surface area (Å²) in [5.74, 6) is 0.585. The normalized spacial score (nSPS) is 17.7. The Labute approximate surface area is 81.8 Å². The van der Waals surface area contributed by atoms with Gasteiger partial charge in [0.2, 0.25) is 0 Å². The number of H-pyrrole nitrogens is 1. The van der Waals surface area contributed by atoms with Crippen molar-refractivity contribution in [3.63, 3.8) is 0 Å². The van der Waals surface area contributed by atoms with Crippen LogP contribution in [0.25, 0.3) is 0 Å². The van der Waals surface area contributed by atoms with Gasteiger partial charge in [0.15, 0.2) is 5.76 Å². The third kappa shape index (κ3) is 1.82. The zero-order valence-electron chi connectivity index (χ0n) is 8.08. The summed E-state index contributed by atoms with van der Waals surface area (Å²) >= 11 is 0. The van der Waals surface area contributed by atoms with Crippen molar-refractivity contribution in [3.05, 3.63) is 16.1 Å². The van der Waals surface area contributed by atoms with Gasteiger partial charge in [0.1, 0.15) is 5.69 Å². The SMILES string of the molecule is Nc1c(CCN2CCCC2)o[nH]c1=O. The Morgan fingerprint density at radius 2 is 2.14 bits per heavy atom. The molecule has 5 nitrogen and oxygen atoms in total. The number of rotatable bonds is 3. The molecule has 0 spiro atoms. The highest BCUT2D eigenvalue weighted by molar-refractivity contribution is 5.38. The molecule has 1 aromatic heterocycles. The fourth-order valence-corrected chi connectivity index (χ4v) is 1.80. The lowest BCUT2D eigenvalue weighted by Gasteiger charge is -2.12. The number of nitrogen functional groups attached to an aromatic ring is 1. The zero-order valence-corrected chi connectivity index (χ0v) is 8.08. The summed E-state index contributed by atoms with van der Waals surface area (Å²) in [5.41, 5.74) is 5.44. The molecule has 2 rings (SSSR count). The fraction of sp³-hybridized carbons (Fsp3) is 0.667. The first-order valence-electron chi connectivity index (χ1n) is 4.95. The average Bonchev–Trinajstić information content (AvgIpc) is 2.77. The summed E-state index contributed by atoms with van der Waals surface area (Å²) in [6.45, 7) is 3.22. The minimum absolute atomic E-state index is 0.226. The summed E-state index contributed by atoms with van der Waals surface area (Å²) in [5, 5.41) is 2.24. The number of aromatic amines is 1. The van der Waals surface area contributed by atoms with Gasteiger partial charge in [-0.25, -0.2) is 0 Å². The van der Waals surface area contributed by atoms with Crippen LogP contribution in [0.3, 0.4) is 0 Å². The van der Waals surface area contributed by atoms with E-state index in [1.54, 1.807) is 0 Å². The number of hydrogen-bond acceptors (Lipinski definition) is 4. The number of nitrogens with two attached hydrogens (primary N) is 1. The highest BCUT2D eigenvalue weighted by atomic mass is 16.5. The van der Waals surface area contributed by atoms with Crippen molar-refractivity contribution >= 4 is 5.69 Å². The molecule has 1 aliphatic heterocycles. The first-order valence-corrected chi connectivity index (χ1v) is 4.95. The second kappa shape index (κ2) is 3.88. The molecule has 1 saturated heterocycles. The molecule has 0 radical (unpaired) electrons. The van der Waals surface area contributed by atoms with Crippen LogP contribution in [0.15, 0.2) is 9.32 Å². The van der Waals surface area contributed by atoms with Crippen molar-refractivity contribution in [3.8, 4) is 0 Å². The molecule has 5 heteroatoms. The summed E-state index contributed by atoms with van der Waals surface area (Å²) in [4.78, 5) is 13.3. The molecule has 0 saturated carbocycles. The minimum Gasteiger partial charge on any atom is -0.391 e. The second-order valence-corrected chi connectivity index (χ2v) is 3.67. The smallest absolute Gasteiger partial charge is 0.303 e. The topological polar surface area (TPSA) is 75.3 Å². The van der Waals surface area contributed by atoms with Crippen molar-refractivity contribution in [1.29, 1.82) is 0 Å². The van der Waals surface area contributed by atoms with Gasteiger partial charge in [-0.3, -0.25) is 4.79 Å². The van der Waals surface area contributed by atoms with E-state index in [1.807, 2.05) is 0 Å². The molecule has 0 unspecified atom stereocenters. The van der Waals surface area contributed by atoms with Crippen molar-refractivity contribution in [1.82, 2.24) is 10.1 Å². The fourth-order valence-electron chi connectivity index (χ4n) is 1.80. The molecule has 3 N–H and O–H groups in total. The lowest BCUT2D eigenvalue weighted by molar-refractivity contribution is 0.314. The number of anilines is 1. The maximum absolute atomic E-state index is 10.9. The Kier molecular flexibility index (Phi) is 2.58. The van der Waals surface area contributed by atoms with E-state index < -0.39 is 0 Å². The largest absolute Gasteiger partial charge is 0.391 e. The van der Waals surface area contributed by atoms with Gasteiger partial charge in [-0.15, -0.1) is 0 Å². The van der Waals surface area contributed by atoms with Crippen LogP contribution in [-0.4, -0.2) is 29.7 Å². The van der Waals surface area contributed by atoms with Gasteiger partial charge in [-0.05, 0) is 25.9 Å². The lowest BCUT2D eigenvalue weighted by Crippen LogP contribution is -2.22. The molecule has 1 fully saturated rings. The van der Waals surface area contributed by atoms with E-state index in [0.717, 1.165) is 19.6 Å². The molecular formula is C9H15N3O2. The Balaban J connectivity index is 1.91. The van der Waals surface area contributed by atoms with Gasteiger partial charge >= 0.3 is 5.56 Å². The van der Waals surface area contributed by atoms with E-state index in [1.165, 1.54) is 12.8 Å². The molecule has 1 aliphatic rings. The molecule has 0 aliphatic carbocycles. The Morgan fingerprint density at radius 3 is 2.71 bits per heavy atom. The van der Waals surface area contributed by atoms with Crippen LogP contribution in [0.5, 0.6) is 0 Å². The molecule has 0 atom stereocenters. The number of likely N-dealkylation sites (tertiary alicyclic amines) is 1. The molecular weight excluding hydrogens is 182 g/mol. The van der Waals surface area contributed by atoms with Crippen LogP contribution < -0.4 is 11.3 Å². The van der Waals surface area contributed by atoms with Crippen LogP contribution in [0.4, 0.5) is 5.69 Å². The monoisotopic (exact) mass is 197 g/mol. The van der Waals surface area contributed by atoms with Gasteiger partial charge in [0.05, 0.1) is 0 Å². The van der Waals surface area contributed by atoms with E-state index in [4.69, 9.17) is 10.3 Å². The number of nitrogens with one attached hydrogen (secondary N) is 1. The van der Waals surface area contributed by atoms with Gasteiger partial charge in [-0.2, -0.15) is 5.16 Å². The van der Waals surface area contributed by atoms with E-state index in [2.05, 4.69) is 10.1 Å². The van der Waals surface area contributed by atoms with Crippen LogP contribution in [0.2, 0.25) is 0 Å². The van der Waals surface area contributed by atoms with Crippen molar-refractivity contribution < 1.29 is 4.52 Å². The van der Waals surface area contributed by atoms with Gasteiger partial charge in [-0.1, -0.05) is 0 Å². The number of nitrogens with zero attached hydrogens (tertiary/aromatic N) is 1. The summed E-state index contributed by atoms with van der Waals surface area (Å²) in [6.07, 6.45) is 3.25. The molecule has 78 valence electrons. The van der Waals surface area contributed by atoms with Crippen molar-refractivity contribution in [2.45, 2.75) is 19.3 Å². The Morgan fingerprint density at radius 1 is 1.43 bits per heavy atom. The van der Waals surface area contributed by atoms with Crippen LogP contribution in [0, 0.1) is 0 Å². The predicted octanol–water partition coefficient (Wildman–Crippen LogP) is 0.188. The third-order valence-corrected chi connectivity index (χ3v) is 2.67. The summed E-state index contributed by atoms with van der Waals surface area (Å²) in [7, 11) is 0. The van der Waals surface area contributed by atoms with Crippen LogP contribution in [-0.2, 0) is 6.42 Å². The molecule has 2 heterocycles. The van der Waals surface area contributed by atoms with Gasteiger partial charge in [0.25, 0.3) is 0 Å². The summed E-state index contributed by atoms with van der Waals surface area (Å²) < 4.78 is 4.97. The zero-order chi connectivity index (χ0) is 9.97. The molecule has 0 amide bonds. The number of aromatic nitrogens is 1. The maximum Gasteiger partial charge on any atom is 0.303 e. The maximum atomic E-state index is 10.9. The summed E-state index contributed by atoms with van der Waals surface area (Å²) in [6, 6.07) is 0. The highest BCUT2D eigenvalue weighted by Crippen LogP contribution is 2.10. The van der Waals surface area contributed by atoms with E-state index in [-0.39, 0.29) is 11.2 Å². The Bertz CT molecular complexity index is 349. The molecule has 1 aromatic rings. The van der Waals surface area contributed by atoms with E-state index >= 15 is 0 Å². The van der Waals surface area contributed by atoms with E-state index in [0.29, 0.717) is 12.2 Å². The first kappa shape index (κ1) is 9.33. The highest BCUT2D eigenvalue weighted by Gasteiger charge is 2.14. The van der Waals surface area contributed by atoms with Crippen molar-refractivity contribution in [2.75, 3.05) is 25.4 Å².